The molecule has 7 heteroatoms. The highest BCUT2D eigenvalue weighted by atomic mass is 35.5. The Labute approximate surface area is 122 Å². The summed E-state index contributed by atoms with van der Waals surface area (Å²) in [7, 11) is 0. The Morgan fingerprint density at radius 3 is 2.24 bits per heavy atom. The van der Waals surface area contributed by atoms with Crippen molar-refractivity contribution >= 4 is 11.6 Å². The average Bonchev–Trinajstić information content (AvgIpc) is 2.41. The molecule has 0 saturated carbocycles. The predicted octanol–water partition coefficient (Wildman–Crippen LogP) is 4.69. The molecule has 0 bridgehead atoms. The molecular weight excluding hydrogens is 313 g/mol. The molecule has 0 heterocycles. The topological polar surface area (TPSA) is 26.0 Å². The van der Waals surface area contributed by atoms with Gasteiger partial charge in [0.1, 0.15) is 0 Å². The van der Waals surface area contributed by atoms with Gasteiger partial charge in [0.15, 0.2) is 11.6 Å². The molecule has 0 aliphatic heterocycles. The minimum absolute atomic E-state index is 0.00916. The molecule has 112 valence electrons. The molecule has 2 rings (SSSR count). The molecule has 0 saturated heterocycles. The van der Waals surface area contributed by atoms with Gasteiger partial charge in [0, 0.05) is 5.02 Å². The highest BCUT2D eigenvalue weighted by Crippen LogP contribution is 2.33. The molecule has 0 fully saturated rings. The fourth-order valence-corrected chi connectivity index (χ4v) is 2.13. The molecule has 0 aromatic heterocycles. The fraction of sp³-hybridized carbons (Fsp3) is 0.143. The second-order valence-electron chi connectivity index (χ2n) is 4.39. The minimum Gasteiger partial charge on any atom is -0.320 e. The van der Waals surface area contributed by atoms with Gasteiger partial charge in [0.05, 0.1) is 11.6 Å². The largest absolute Gasteiger partial charge is 0.416 e. The van der Waals surface area contributed by atoms with E-state index in [1.165, 1.54) is 12.1 Å². The van der Waals surface area contributed by atoms with Crippen molar-refractivity contribution < 1.29 is 22.0 Å². The van der Waals surface area contributed by atoms with Crippen LogP contribution in [0.5, 0.6) is 0 Å². The van der Waals surface area contributed by atoms with Crippen LogP contribution < -0.4 is 5.73 Å². The summed E-state index contributed by atoms with van der Waals surface area (Å²) in [5.41, 5.74) is 5.03. The van der Waals surface area contributed by atoms with Gasteiger partial charge in [-0.05, 0) is 35.4 Å². The van der Waals surface area contributed by atoms with Gasteiger partial charge in [-0.2, -0.15) is 13.2 Å². The van der Waals surface area contributed by atoms with Crippen LogP contribution in [-0.2, 0) is 6.18 Å². The van der Waals surface area contributed by atoms with Crippen molar-refractivity contribution in [3.8, 4) is 0 Å². The first-order chi connectivity index (χ1) is 9.70. The standard InChI is InChI=1S/C14H9ClF5N/c15-10-6-12(17)11(16)5-9(10)13(21)7-2-1-3-8(4-7)14(18,19)20/h1-6,13H,21H2. The summed E-state index contributed by atoms with van der Waals surface area (Å²) < 4.78 is 64.2. The van der Waals surface area contributed by atoms with Crippen molar-refractivity contribution in [2.75, 3.05) is 0 Å². The summed E-state index contributed by atoms with van der Waals surface area (Å²) in [6.07, 6.45) is -4.52. The van der Waals surface area contributed by atoms with Gasteiger partial charge >= 0.3 is 6.18 Å². The number of hydrogen-bond acceptors (Lipinski definition) is 1. The van der Waals surface area contributed by atoms with Crippen molar-refractivity contribution in [2.24, 2.45) is 5.73 Å². The number of benzene rings is 2. The molecule has 2 N–H and O–H groups in total. The Morgan fingerprint density at radius 1 is 1.00 bits per heavy atom. The summed E-state index contributed by atoms with van der Waals surface area (Å²) in [5, 5.41) is -0.154. The molecule has 1 atom stereocenters. The lowest BCUT2D eigenvalue weighted by Crippen LogP contribution is -2.15. The van der Waals surface area contributed by atoms with Gasteiger partial charge < -0.3 is 5.73 Å². The SMILES string of the molecule is NC(c1cccc(C(F)(F)F)c1)c1cc(F)c(F)cc1Cl. The molecule has 21 heavy (non-hydrogen) atoms. The zero-order chi connectivity index (χ0) is 15.8. The highest BCUT2D eigenvalue weighted by Gasteiger charge is 2.31. The molecule has 0 radical (unpaired) electrons. The first kappa shape index (κ1) is 15.7. The van der Waals surface area contributed by atoms with Crippen LogP contribution in [0, 0.1) is 11.6 Å². The summed E-state index contributed by atoms with van der Waals surface area (Å²) >= 11 is 5.77. The number of halogens is 6. The van der Waals surface area contributed by atoms with Crippen molar-refractivity contribution in [3.05, 3.63) is 69.7 Å². The minimum atomic E-state index is -4.52. The molecule has 1 unspecified atom stereocenters. The Hall–Kier alpha value is -1.66. The normalized spacial score (nSPS) is 13.3. The maximum atomic E-state index is 13.2. The van der Waals surface area contributed by atoms with Gasteiger partial charge in [-0.3, -0.25) is 0 Å². The maximum Gasteiger partial charge on any atom is 0.416 e. The molecular formula is C14H9ClF5N. The van der Waals surface area contributed by atoms with Crippen LogP contribution >= 0.6 is 11.6 Å². The van der Waals surface area contributed by atoms with Crippen LogP contribution in [0.15, 0.2) is 36.4 Å². The maximum absolute atomic E-state index is 13.2. The lowest BCUT2D eigenvalue weighted by molar-refractivity contribution is -0.137. The first-order valence-corrected chi connectivity index (χ1v) is 6.15. The molecule has 0 spiro atoms. The van der Waals surface area contributed by atoms with E-state index in [1.54, 1.807) is 0 Å². The van der Waals surface area contributed by atoms with Crippen LogP contribution in [0.1, 0.15) is 22.7 Å². The average molecular weight is 322 g/mol. The van der Waals surface area contributed by atoms with Crippen LogP contribution in [0.4, 0.5) is 22.0 Å². The summed E-state index contributed by atoms with van der Waals surface area (Å²) in [4.78, 5) is 0. The quantitative estimate of drug-likeness (QED) is 0.630. The zero-order valence-corrected chi connectivity index (χ0v) is 11.1. The van der Waals surface area contributed by atoms with E-state index in [4.69, 9.17) is 17.3 Å². The van der Waals surface area contributed by atoms with Crippen LogP contribution in [0.25, 0.3) is 0 Å². The second-order valence-corrected chi connectivity index (χ2v) is 4.80. The van der Waals surface area contributed by atoms with Crippen molar-refractivity contribution in [1.29, 1.82) is 0 Å². The van der Waals surface area contributed by atoms with E-state index >= 15 is 0 Å². The number of hydrogen-bond donors (Lipinski definition) is 1. The predicted molar refractivity (Wildman–Crippen MR) is 68.8 cm³/mol. The molecule has 0 amide bonds. The van der Waals surface area contributed by atoms with E-state index in [-0.39, 0.29) is 16.1 Å². The Bertz CT molecular complexity index is 669. The number of rotatable bonds is 2. The van der Waals surface area contributed by atoms with Crippen molar-refractivity contribution in [1.82, 2.24) is 0 Å². The van der Waals surface area contributed by atoms with Gasteiger partial charge in [-0.15, -0.1) is 0 Å². The summed E-state index contributed by atoms with van der Waals surface area (Å²) in [6.45, 7) is 0. The van der Waals surface area contributed by atoms with Crippen LogP contribution in [-0.4, -0.2) is 0 Å². The summed E-state index contributed by atoms with van der Waals surface area (Å²) in [5.74, 6) is -2.32. The monoisotopic (exact) mass is 321 g/mol. The Morgan fingerprint density at radius 2 is 1.62 bits per heavy atom. The summed E-state index contributed by atoms with van der Waals surface area (Å²) in [6, 6.07) is 4.70. The third kappa shape index (κ3) is 3.33. The first-order valence-electron chi connectivity index (χ1n) is 5.77. The zero-order valence-electron chi connectivity index (χ0n) is 10.4. The third-order valence-corrected chi connectivity index (χ3v) is 3.28. The number of alkyl halides is 3. The van der Waals surface area contributed by atoms with E-state index in [2.05, 4.69) is 0 Å². The van der Waals surface area contributed by atoms with Crippen molar-refractivity contribution in [2.45, 2.75) is 12.2 Å². The van der Waals surface area contributed by atoms with E-state index in [0.29, 0.717) is 0 Å². The molecule has 1 nitrogen and oxygen atoms in total. The lowest BCUT2D eigenvalue weighted by atomic mass is 9.97. The lowest BCUT2D eigenvalue weighted by Gasteiger charge is -2.16. The van der Waals surface area contributed by atoms with Gasteiger partial charge in [0.2, 0.25) is 0 Å². The second kappa shape index (κ2) is 5.61. The van der Waals surface area contributed by atoms with Crippen LogP contribution in [0.2, 0.25) is 5.02 Å². The van der Waals surface area contributed by atoms with E-state index < -0.39 is 29.4 Å². The van der Waals surface area contributed by atoms with E-state index in [1.807, 2.05) is 0 Å². The van der Waals surface area contributed by atoms with Gasteiger partial charge in [-0.25, -0.2) is 8.78 Å². The molecule has 2 aromatic rings. The Balaban J connectivity index is 2.45. The number of nitrogens with two attached hydrogens (primary N) is 1. The molecule has 0 aliphatic carbocycles. The smallest absolute Gasteiger partial charge is 0.320 e. The van der Waals surface area contributed by atoms with Crippen molar-refractivity contribution in [3.63, 3.8) is 0 Å². The van der Waals surface area contributed by atoms with Crippen LogP contribution in [0.3, 0.4) is 0 Å². The Kier molecular flexibility index (Phi) is 4.20. The third-order valence-electron chi connectivity index (χ3n) is 2.95. The van der Waals surface area contributed by atoms with E-state index in [9.17, 15) is 22.0 Å². The molecule has 0 aliphatic rings. The van der Waals surface area contributed by atoms with Gasteiger partial charge in [0.25, 0.3) is 0 Å². The fourth-order valence-electron chi connectivity index (χ4n) is 1.86. The molecule has 2 aromatic carbocycles. The van der Waals surface area contributed by atoms with Gasteiger partial charge in [-0.1, -0.05) is 23.7 Å². The van der Waals surface area contributed by atoms with E-state index in [0.717, 1.165) is 24.3 Å². The highest BCUT2D eigenvalue weighted by molar-refractivity contribution is 6.31.